The predicted octanol–water partition coefficient (Wildman–Crippen LogP) is 2.30. The second-order valence-corrected chi connectivity index (χ2v) is 8.36. The minimum absolute atomic E-state index is 0.296. The number of hydrogen-bond donors (Lipinski definition) is 2. The number of imide groups is 1. The molecule has 1 saturated heterocycles. The van der Waals surface area contributed by atoms with Crippen molar-refractivity contribution in [2.45, 2.75) is 61.1 Å². The molecular weight excluding hydrogens is 338 g/mol. The average molecular weight is 359 g/mol. The van der Waals surface area contributed by atoms with Gasteiger partial charge in [0.1, 0.15) is 5.54 Å². The number of aryl methyl sites for hydroxylation is 1. The lowest BCUT2D eigenvalue weighted by molar-refractivity contribution is -0.139. The highest BCUT2D eigenvalue weighted by Crippen LogP contribution is 2.38. The summed E-state index contributed by atoms with van der Waals surface area (Å²) in [7, 11) is 0. The number of carbonyl (C=O) groups is 3. The van der Waals surface area contributed by atoms with Crippen LogP contribution < -0.4 is 10.7 Å². The lowest BCUT2D eigenvalue weighted by Crippen LogP contribution is -2.52. The molecule has 2 N–H and O–H groups in total. The number of carbonyl (C=O) groups excluding carboxylic acids is 3. The second kappa shape index (κ2) is 6.05. The SMILES string of the molecule is Cc1ccc2c(c1)S[C@@H](C(=O)NN1C(=O)NC3(CCCCC3)C1=O)C2. The molecule has 0 unspecified atom stereocenters. The molecule has 0 radical (unpaired) electrons. The topological polar surface area (TPSA) is 78.5 Å². The quantitative estimate of drug-likeness (QED) is 0.794. The van der Waals surface area contributed by atoms with Gasteiger partial charge in [0, 0.05) is 4.90 Å². The molecule has 1 atom stereocenters. The molecule has 0 aromatic heterocycles. The van der Waals surface area contributed by atoms with Gasteiger partial charge >= 0.3 is 6.03 Å². The van der Waals surface area contributed by atoms with Crippen LogP contribution in [0.2, 0.25) is 0 Å². The van der Waals surface area contributed by atoms with Crippen molar-refractivity contribution >= 4 is 29.6 Å². The smallest absolute Gasteiger partial charge is 0.322 e. The van der Waals surface area contributed by atoms with Gasteiger partial charge in [-0.05, 0) is 37.8 Å². The molecule has 0 bridgehead atoms. The fourth-order valence-electron chi connectivity index (χ4n) is 3.88. The summed E-state index contributed by atoms with van der Waals surface area (Å²) in [6, 6.07) is 5.62. The van der Waals surface area contributed by atoms with E-state index in [1.807, 2.05) is 19.1 Å². The lowest BCUT2D eigenvalue weighted by atomic mass is 9.82. The molecule has 1 aromatic carbocycles. The van der Waals surface area contributed by atoms with Gasteiger partial charge in [-0.3, -0.25) is 15.0 Å². The fraction of sp³-hybridized carbons (Fsp3) is 0.500. The Kier molecular flexibility index (Phi) is 3.98. The highest BCUT2D eigenvalue weighted by Gasteiger charge is 2.52. The zero-order valence-corrected chi connectivity index (χ0v) is 14.9. The first-order chi connectivity index (χ1) is 12.0. The molecule has 1 saturated carbocycles. The van der Waals surface area contributed by atoms with Gasteiger partial charge in [-0.2, -0.15) is 5.01 Å². The Morgan fingerprint density at radius 3 is 2.80 bits per heavy atom. The maximum atomic E-state index is 12.7. The van der Waals surface area contributed by atoms with Crippen molar-refractivity contribution in [1.29, 1.82) is 0 Å². The predicted molar refractivity (Wildman–Crippen MR) is 93.9 cm³/mol. The van der Waals surface area contributed by atoms with Crippen molar-refractivity contribution in [1.82, 2.24) is 15.8 Å². The van der Waals surface area contributed by atoms with Gasteiger partial charge in [-0.15, -0.1) is 11.8 Å². The van der Waals surface area contributed by atoms with Crippen molar-refractivity contribution in [2.75, 3.05) is 0 Å². The number of nitrogens with zero attached hydrogens (tertiary/aromatic N) is 1. The minimum Gasteiger partial charge on any atom is -0.322 e. The van der Waals surface area contributed by atoms with Crippen molar-refractivity contribution in [2.24, 2.45) is 0 Å². The van der Waals surface area contributed by atoms with E-state index in [-0.39, 0.29) is 17.1 Å². The lowest BCUT2D eigenvalue weighted by Gasteiger charge is -2.30. The molecule has 2 fully saturated rings. The summed E-state index contributed by atoms with van der Waals surface area (Å²) in [5.74, 6) is -0.614. The number of amides is 4. The van der Waals surface area contributed by atoms with Crippen molar-refractivity contribution in [3.63, 3.8) is 0 Å². The Bertz CT molecular complexity index is 758. The van der Waals surface area contributed by atoms with Crippen LogP contribution >= 0.6 is 11.8 Å². The van der Waals surface area contributed by atoms with Gasteiger partial charge in [0.25, 0.3) is 11.8 Å². The molecule has 2 aliphatic heterocycles. The Hall–Kier alpha value is -2.02. The third-order valence-electron chi connectivity index (χ3n) is 5.28. The van der Waals surface area contributed by atoms with Crippen molar-refractivity contribution in [3.05, 3.63) is 29.3 Å². The van der Waals surface area contributed by atoms with Gasteiger partial charge < -0.3 is 5.32 Å². The van der Waals surface area contributed by atoms with E-state index >= 15 is 0 Å². The molecule has 7 heteroatoms. The number of urea groups is 1. The van der Waals surface area contributed by atoms with E-state index in [1.54, 1.807) is 0 Å². The van der Waals surface area contributed by atoms with Crippen LogP contribution in [0.5, 0.6) is 0 Å². The zero-order chi connectivity index (χ0) is 17.6. The largest absolute Gasteiger partial charge is 0.344 e. The van der Waals surface area contributed by atoms with Crippen LogP contribution in [0.4, 0.5) is 4.79 Å². The molecule has 1 aromatic rings. The van der Waals surface area contributed by atoms with E-state index in [9.17, 15) is 14.4 Å². The van der Waals surface area contributed by atoms with Crippen molar-refractivity contribution in [3.8, 4) is 0 Å². The number of benzene rings is 1. The monoisotopic (exact) mass is 359 g/mol. The Labute approximate surface area is 150 Å². The summed E-state index contributed by atoms with van der Waals surface area (Å²) in [6.45, 7) is 2.02. The maximum absolute atomic E-state index is 12.7. The van der Waals surface area contributed by atoms with Crippen LogP contribution in [0.15, 0.2) is 23.1 Å². The van der Waals surface area contributed by atoms with Crippen molar-refractivity contribution < 1.29 is 14.4 Å². The van der Waals surface area contributed by atoms with Gasteiger partial charge in [0.15, 0.2) is 0 Å². The Morgan fingerprint density at radius 2 is 2.04 bits per heavy atom. The number of rotatable bonds is 2. The molecule has 6 nitrogen and oxygen atoms in total. The molecular formula is C18H21N3O3S. The number of nitrogens with one attached hydrogen (secondary N) is 2. The molecule has 4 rings (SSSR count). The third kappa shape index (κ3) is 2.80. The minimum atomic E-state index is -0.814. The van der Waals surface area contributed by atoms with Gasteiger partial charge in [0.2, 0.25) is 0 Å². The number of fused-ring (bicyclic) bond motifs is 1. The summed E-state index contributed by atoms with van der Waals surface area (Å²) >= 11 is 1.49. The summed E-state index contributed by atoms with van der Waals surface area (Å²) in [5, 5.41) is 3.38. The molecule has 1 aliphatic carbocycles. The summed E-state index contributed by atoms with van der Waals surface area (Å²) in [6.07, 6.45) is 4.82. The molecule has 132 valence electrons. The molecule has 2 heterocycles. The van der Waals surface area contributed by atoms with Crippen LogP contribution in [0.1, 0.15) is 43.2 Å². The first-order valence-corrected chi connectivity index (χ1v) is 9.60. The molecule has 25 heavy (non-hydrogen) atoms. The highest BCUT2D eigenvalue weighted by molar-refractivity contribution is 8.01. The first kappa shape index (κ1) is 16.4. The summed E-state index contributed by atoms with van der Waals surface area (Å²) in [4.78, 5) is 38.7. The first-order valence-electron chi connectivity index (χ1n) is 8.72. The highest BCUT2D eigenvalue weighted by atomic mass is 32.2. The molecule has 4 amide bonds. The maximum Gasteiger partial charge on any atom is 0.344 e. The Morgan fingerprint density at radius 1 is 1.28 bits per heavy atom. The summed E-state index contributed by atoms with van der Waals surface area (Å²) in [5.41, 5.74) is 4.03. The Balaban J connectivity index is 1.45. The number of hydrogen-bond acceptors (Lipinski definition) is 4. The second-order valence-electron chi connectivity index (χ2n) is 7.11. The van der Waals surface area contributed by atoms with Gasteiger partial charge in [0.05, 0.1) is 5.25 Å². The van der Waals surface area contributed by atoms with Crippen LogP contribution in [-0.4, -0.2) is 33.6 Å². The van der Waals surface area contributed by atoms with E-state index in [2.05, 4.69) is 16.8 Å². The fourth-order valence-corrected chi connectivity index (χ4v) is 5.17. The normalized spacial score (nSPS) is 24.4. The molecule has 1 spiro atoms. The van der Waals surface area contributed by atoms with Crippen LogP contribution in [0.25, 0.3) is 0 Å². The standard InChI is InChI=1S/C18H21N3O3S/c1-11-5-6-12-10-14(25-13(12)9-11)15(22)20-21-16(23)18(19-17(21)24)7-3-2-4-8-18/h5-6,9,14H,2-4,7-8,10H2,1H3,(H,19,24)(H,20,22)/t14-/m1/s1. The van der Waals surface area contributed by atoms with E-state index in [4.69, 9.17) is 0 Å². The van der Waals surface area contributed by atoms with Crippen LogP contribution in [0, 0.1) is 6.92 Å². The average Bonchev–Trinajstić information content (AvgIpc) is 3.10. The van der Waals surface area contributed by atoms with E-state index < -0.39 is 11.6 Å². The van der Waals surface area contributed by atoms with Crippen LogP contribution in [0.3, 0.4) is 0 Å². The van der Waals surface area contributed by atoms with Gasteiger partial charge in [-0.1, -0.05) is 37.0 Å². The number of thioether (sulfide) groups is 1. The van der Waals surface area contributed by atoms with Crippen LogP contribution in [-0.2, 0) is 16.0 Å². The van der Waals surface area contributed by atoms with Gasteiger partial charge in [-0.25, -0.2) is 4.79 Å². The van der Waals surface area contributed by atoms with E-state index in [0.717, 1.165) is 40.3 Å². The molecule has 3 aliphatic rings. The summed E-state index contributed by atoms with van der Waals surface area (Å²) < 4.78 is 0. The van der Waals surface area contributed by atoms with E-state index in [1.165, 1.54) is 11.8 Å². The zero-order valence-electron chi connectivity index (χ0n) is 14.1. The number of hydrazine groups is 1. The third-order valence-corrected chi connectivity index (χ3v) is 6.58. The van der Waals surface area contributed by atoms with E-state index in [0.29, 0.717) is 19.3 Å².